The van der Waals surface area contributed by atoms with E-state index in [0.717, 1.165) is 24.3 Å². The number of aryl methyl sites for hydroxylation is 1. The number of hydrogen-bond donors (Lipinski definition) is 0. The fourth-order valence-corrected chi connectivity index (χ4v) is 3.28. The van der Waals surface area contributed by atoms with Gasteiger partial charge in [-0.2, -0.15) is 0 Å². The van der Waals surface area contributed by atoms with E-state index in [1.807, 2.05) is 18.2 Å². The van der Waals surface area contributed by atoms with Gasteiger partial charge in [0.2, 0.25) is 6.43 Å². The van der Waals surface area contributed by atoms with Crippen LogP contribution in [0.15, 0.2) is 78.9 Å². The van der Waals surface area contributed by atoms with Crippen LogP contribution in [-0.4, -0.2) is 19.0 Å². The molecule has 0 spiro atoms. The van der Waals surface area contributed by atoms with E-state index in [1.165, 1.54) is 0 Å². The summed E-state index contributed by atoms with van der Waals surface area (Å²) in [4.78, 5) is 0. The highest BCUT2D eigenvalue weighted by molar-refractivity contribution is 5.34. The quantitative estimate of drug-likeness (QED) is 0.309. The lowest BCUT2D eigenvalue weighted by atomic mass is 9.91. The van der Waals surface area contributed by atoms with Gasteiger partial charge in [-0.25, -0.2) is 13.2 Å². The molecule has 0 fully saturated rings. The molecule has 0 heterocycles. The van der Waals surface area contributed by atoms with E-state index in [-0.39, 0.29) is 18.4 Å². The summed E-state index contributed by atoms with van der Waals surface area (Å²) in [6.45, 7) is 0. The van der Waals surface area contributed by atoms with Gasteiger partial charge in [-0.15, -0.1) is 13.2 Å². The average molecular weight is 454 g/mol. The van der Waals surface area contributed by atoms with Crippen molar-refractivity contribution >= 4 is 0 Å². The van der Waals surface area contributed by atoms with Crippen LogP contribution in [-0.2, 0) is 6.42 Å². The van der Waals surface area contributed by atoms with Crippen molar-refractivity contribution in [3.8, 4) is 17.2 Å². The van der Waals surface area contributed by atoms with Gasteiger partial charge >= 0.3 is 6.36 Å². The highest BCUT2D eigenvalue weighted by Gasteiger charge is 2.33. The van der Waals surface area contributed by atoms with Crippen LogP contribution in [0.25, 0.3) is 0 Å². The fourth-order valence-electron chi connectivity index (χ4n) is 3.28. The third-order valence-electron chi connectivity index (χ3n) is 4.75. The highest BCUT2D eigenvalue weighted by Crippen LogP contribution is 2.33. The lowest BCUT2D eigenvalue weighted by molar-refractivity contribution is -0.274. The van der Waals surface area contributed by atoms with Gasteiger partial charge in [0.05, 0.1) is 5.92 Å². The van der Waals surface area contributed by atoms with Gasteiger partial charge in [-0.3, -0.25) is 0 Å². The topological polar surface area (TPSA) is 18.5 Å². The van der Waals surface area contributed by atoms with Crippen LogP contribution in [0.5, 0.6) is 17.2 Å². The maximum Gasteiger partial charge on any atom is 0.573 e. The Labute approximate surface area is 181 Å². The van der Waals surface area contributed by atoms with Crippen molar-refractivity contribution < 1.29 is 35.8 Å². The molecule has 170 valence electrons. The number of alkyl halides is 6. The van der Waals surface area contributed by atoms with Gasteiger partial charge < -0.3 is 9.47 Å². The summed E-state index contributed by atoms with van der Waals surface area (Å²) >= 11 is 0. The Morgan fingerprint density at radius 1 is 0.719 bits per heavy atom. The first-order chi connectivity index (χ1) is 15.2. The predicted octanol–water partition coefficient (Wildman–Crippen LogP) is 7.70. The van der Waals surface area contributed by atoms with Crippen LogP contribution in [0.4, 0.5) is 26.3 Å². The SMILES string of the molecule is FC(F)C(c1ccc(OC(F)(F)F)cc1)C(F)CCc1cccc(Oc2ccccc2)c1. The zero-order chi connectivity index (χ0) is 23.1. The molecule has 2 unspecified atom stereocenters. The van der Waals surface area contributed by atoms with E-state index in [0.29, 0.717) is 17.1 Å². The van der Waals surface area contributed by atoms with Gasteiger partial charge in [0, 0.05) is 0 Å². The monoisotopic (exact) mass is 454 g/mol. The number of ether oxygens (including phenoxy) is 2. The van der Waals surface area contributed by atoms with Crippen molar-refractivity contribution in [1.82, 2.24) is 0 Å². The van der Waals surface area contributed by atoms with Crippen molar-refractivity contribution in [1.29, 1.82) is 0 Å². The Hall–Kier alpha value is -3.16. The summed E-state index contributed by atoms with van der Waals surface area (Å²) in [5.41, 5.74) is 0.617. The van der Waals surface area contributed by atoms with Crippen LogP contribution in [0.2, 0.25) is 0 Å². The molecule has 0 aliphatic rings. The van der Waals surface area contributed by atoms with Gasteiger partial charge in [0.15, 0.2) is 0 Å². The first-order valence-corrected chi connectivity index (χ1v) is 9.81. The summed E-state index contributed by atoms with van der Waals surface area (Å²) in [5.74, 6) is -1.16. The molecule has 32 heavy (non-hydrogen) atoms. The second-order valence-corrected chi connectivity index (χ2v) is 7.09. The fraction of sp³-hybridized carbons (Fsp3) is 0.250. The zero-order valence-corrected chi connectivity index (χ0v) is 16.7. The summed E-state index contributed by atoms with van der Waals surface area (Å²) < 4.78 is 88.1. The summed E-state index contributed by atoms with van der Waals surface area (Å²) in [6, 6.07) is 19.8. The molecule has 3 aromatic rings. The molecular formula is C24H20F6O2. The smallest absolute Gasteiger partial charge is 0.457 e. The molecular weight excluding hydrogens is 434 g/mol. The highest BCUT2D eigenvalue weighted by atomic mass is 19.4. The van der Waals surface area contributed by atoms with Crippen molar-refractivity contribution in [3.05, 3.63) is 90.0 Å². The molecule has 0 amide bonds. The van der Waals surface area contributed by atoms with E-state index in [2.05, 4.69) is 4.74 Å². The molecule has 3 rings (SSSR count). The number of rotatable bonds is 9. The largest absolute Gasteiger partial charge is 0.573 e. The normalized spacial score (nSPS) is 13.6. The van der Waals surface area contributed by atoms with Gasteiger partial charge in [0.25, 0.3) is 0 Å². The predicted molar refractivity (Wildman–Crippen MR) is 108 cm³/mol. The minimum atomic E-state index is -4.90. The lowest BCUT2D eigenvalue weighted by Crippen LogP contribution is -2.22. The van der Waals surface area contributed by atoms with Crippen molar-refractivity contribution in [2.24, 2.45) is 0 Å². The van der Waals surface area contributed by atoms with E-state index in [9.17, 15) is 26.3 Å². The maximum atomic E-state index is 14.8. The number of halogens is 6. The van der Waals surface area contributed by atoms with Gasteiger partial charge in [-0.05, 0) is 60.4 Å². The molecule has 0 radical (unpaired) electrons. The minimum Gasteiger partial charge on any atom is -0.457 e. The average Bonchev–Trinajstić information content (AvgIpc) is 2.73. The molecule has 0 bridgehead atoms. The summed E-state index contributed by atoms with van der Waals surface area (Å²) in [5, 5.41) is 0. The van der Waals surface area contributed by atoms with E-state index < -0.39 is 30.6 Å². The Bertz CT molecular complexity index is 974. The first-order valence-electron chi connectivity index (χ1n) is 9.81. The third kappa shape index (κ3) is 6.93. The minimum absolute atomic E-state index is 0.0943. The van der Waals surface area contributed by atoms with Crippen LogP contribution in [0.1, 0.15) is 23.5 Å². The van der Waals surface area contributed by atoms with Crippen LogP contribution >= 0.6 is 0 Å². The number of hydrogen-bond acceptors (Lipinski definition) is 2. The Balaban J connectivity index is 1.64. The molecule has 0 aliphatic heterocycles. The third-order valence-corrected chi connectivity index (χ3v) is 4.75. The van der Waals surface area contributed by atoms with Gasteiger partial charge in [0.1, 0.15) is 23.4 Å². The van der Waals surface area contributed by atoms with Crippen molar-refractivity contribution in [3.63, 3.8) is 0 Å². The Morgan fingerprint density at radius 3 is 2.00 bits per heavy atom. The number of para-hydroxylation sites is 1. The molecule has 0 aromatic heterocycles. The molecule has 0 saturated carbocycles. The molecule has 8 heteroatoms. The lowest BCUT2D eigenvalue weighted by Gasteiger charge is -2.21. The van der Waals surface area contributed by atoms with Crippen molar-refractivity contribution in [2.75, 3.05) is 0 Å². The van der Waals surface area contributed by atoms with Crippen LogP contribution in [0.3, 0.4) is 0 Å². The second-order valence-electron chi connectivity index (χ2n) is 7.09. The molecule has 2 nitrogen and oxygen atoms in total. The Morgan fingerprint density at radius 2 is 1.38 bits per heavy atom. The first kappa shape index (κ1) is 23.5. The van der Waals surface area contributed by atoms with Gasteiger partial charge in [-0.1, -0.05) is 42.5 Å². The van der Waals surface area contributed by atoms with E-state index >= 15 is 0 Å². The maximum absolute atomic E-state index is 14.8. The van der Waals surface area contributed by atoms with E-state index in [4.69, 9.17) is 4.74 Å². The molecule has 3 aromatic carbocycles. The summed E-state index contributed by atoms with van der Waals surface area (Å²) in [6.07, 6.45) is -9.82. The Kier molecular flexibility index (Phi) is 7.66. The molecule has 2 atom stereocenters. The van der Waals surface area contributed by atoms with E-state index in [1.54, 1.807) is 36.4 Å². The molecule has 0 saturated heterocycles. The van der Waals surface area contributed by atoms with Crippen LogP contribution in [0, 0.1) is 0 Å². The summed E-state index contributed by atoms with van der Waals surface area (Å²) in [7, 11) is 0. The number of benzene rings is 3. The van der Waals surface area contributed by atoms with Crippen molar-refractivity contribution in [2.45, 2.75) is 37.7 Å². The standard InChI is InChI=1S/C24H20F6O2/c25-21(22(23(26)27)17-10-12-19(13-11-17)32-24(28,29)30)14-9-16-5-4-8-20(15-16)31-18-6-2-1-3-7-18/h1-8,10-13,15,21-23H,9,14H2. The van der Waals surface area contributed by atoms with Crippen LogP contribution < -0.4 is 9.47 Å². The molecule has 0 aliphatic carbocycles. The molecule has 0 N–H and O–H groups in total. The zero-order valence-electron chi connectivity index (χ0n) is 16.7. The second kappa shape index (κ2) is 10.4.